The van der Waals surface area contributed by atoms with Crippen molar-refractivity contribution >= 4 is 65.0 Å². The number of nitrogens with zero attached hydrogens (tertiary/aromatic N) is 1. The molecule has 0 aliphatic carbocycles. The topological polar surface area (TPSA) is 85.1 Å². The van der Waals surface area contributed by atoms with Gasteiger partial charge in [0.25, 0.3) is 10.0 Å². The molecule has 1 heterocycles. The highest BCUT2D eigenvalue weighted by Gasteiger charge is 2.17. The second-order valence-electron chi connectivity index (χ2n) is 3.77. The van der Waals surface area contributed by atoms with Crippen molar-refractivity contribution in [2.24, 2.45) is 0 Å². The van der Waals surface area contributed by atoms with E-state index < -0.39 is 10.0 Å². The van der Waals surface area contributed by atoms with E-state index in [4.69, 9.17) is 17.3 Å². The highest BCUT2D eigenvalue weighted by molar-refractivity contribution is 9.11. The first-order valence-electron chi connectivity index (χ1n) is 5.18. The Morgan fingerprint density at radius 3 is 2.60 bits per heavy atom. The summed E-state index contributed by atoms with van der Waals surface area (Å²) in [6.07, 6.45) is 1.15. The van der Waals surface area contributed by atoms with Gasteiger partial charge in [-0.1, -0.05) is 27.5 Å². The fourth-order valence-electron chi connectivity index (χ4n) is 1.36. The van der Waals surface area contributed by atoms with Crippen molar-refractivity contribution in [2.45, 2.75) is 4.90 Å². The van der Waals surface area contributed by atoms with Crippen LogP contribution in [0.25, 0.3) is 0 Å². The molecule has 0 aliphatic rings. The number of rotatable bonds is 3. The number of benzene rings is 1. The Balaban J connectivity index is 2.40. The highest BCUT2D eigenvalue weighted by Crippen LogP contribution is 2.29. The van der Waals surface area contributed by atoms with Gasteiger partial charge in [-0.2, -0.15) is 0 Å². The Morgan fingerprint density at radius 1 is 1.25 bits per heavy atom. The first kappa shape index (κ1) is 15.6. The molecule has 0 spiro atoms. The lowest BCUT2D eigenvalue weighted by atomic mass is 10.3. The molecule has 3 N–H and O–H groups in total. The summed E-state index contributed by atoms with van der Waals surface area (Å²) in [5.74, 6) is 0.0780. The smallest absolute Gasteiger partial charge is 0.263 e. The first-order valence-corrected chi connectivity index (χ1v) is 8.63. The van der Waals surface area contributed by atoms with Crippen LogP contribution in [-0.4, -0.2) is 13.4 Å². The van der Waals surface area contributed by atoms with Gasteiger partial charge in [0.1, 0.15) is 10.7 Å². The third-order valence-corrected chi connectivity index (χ3v) is 5.15. The molecule has 2 aromatic rings. The molecular formula is C11H8Br2ClN3O2S. The molecular weight excluding hydrogens is 433 g/mol. The van der Waals surface area contributed by atoms with Crippen molar-refractivity contribution in [1.29, 1.82) is 0 Å². The fraction of sp³-hybridized carbons (Fsp3) is 0. The number of pyridine rings is 1. The van der Waals surface area contributed by atoms with Crippen LogP contribution in [0, 0.1) is 0 Å². The molecule has 0 fully saturated rings. The minimum Gasteiger partial charge on any atom is -0.382 e. The van der Waals surface area contributed by atoms with Crippen molar-refractivity contribution < 1.29 is 8.42 Å². The van der Waals surface area contributed by atoms with Crippen molar-refractivity contribution in [3.8, 4) is 0 Å². The summed E-state index contributed by atoms with van der Waals surface area (Å²) in [4.78, 5) is 3.67. The third-order valence-electron chi connectivity index (χ3n) is 2.33. The average Bonchev–Trinajstić information content (AvgIpc) is 2.36. The summed E-state index contributed by atoms with van der Waals surface area (Å²) in [5, 5.41) is 0.0844. The van der Waals surface area contributed by atoms with Crippen LogP contribution in [-0.2, 0) is 10.0 Å². The number of hydrogen-bond acceptors (Lipinski definition) is 4. The van der Waals surface area contributed by atoms with Crippen molar-refractivity contribution in [1.82, 2.24) is 4.98 Å². The Hall–Kier alpha value is -0.830. The van der Waals surface area contributed by atoms with Crippen molar-refractivity contribution in [2.75, 3.05) is 10.5 Å². The second-order valence-corrected chi connectivity index (χ2v) is 7.63. The Labute approximate surface area is 137 Å². The van der Waals surface area contributed by atoms with E-state index in [2.05, 4.69) is 41.6 Å². The van der Waals surface area contributed by atoms with Gasteiger partial charge in [-0.15, -0.1) is 0 Å². The number of anilines is 2. The number of nitrogens with two attached hydrogens (primary N) is 1. The lowest BCUT2D eigenvalue weighted by Crippen LogP contribution is -2.14. The van der Waals surface area contributed by atoms with Crippen LogP contribution in [0.15, 0.2) is 44.3 Å². The number of nitrogen functional groups attached to an aromatic ring is 1. The molecule has 0 amide bonds. The van der Waals surface area contributed by atoms with Crippen molar-refractivity contribution in [3.05, 3.63) is 44.4 Å². The highest BCUT2D eigenvalue weighted by atomic mass is 79.9. The number of halogens is 3. The molecule has 2 rings (SSSR count). The predicted molar refractivity (Wildman–Crippen MR) is 86.3 cm³/mol. The zero-order chi connectivity index (χ0) is 14.9. The van der Waals surface area contributed by atoms with E-state index in [0.717, 1.165) is 10.7 Å². The molecule has 5 nitrogen and oxygen atoms in total. The summed E-state index contributed by atoms with van der Waals surface area (Å²) in [6.45, 7) is 0. The van der Waals surface area contributed by atoms with Gasteiger partial charge in [-0.25, -0.2) is 13.4 Å². The Kier molecular flexibility index (Phi) is 4.58. The third kappa shape index (κ3) is 3.43. The summed E-state index contributed by atoms with van der Waals surface area (Å²) < 4.78 is 28.3. The minimum atomic E-state index is -3.80. The van der Waals surface area contributed by atoms with Gasteiger partial charge < -0.3 is 5.73 Å². The maximum Gasteiger partial charge on any atom is 0.263 e. The van der Waals surface area contributed by atoms with Crippen LogP contribution in [0.4, 0.5) is 11.5 Å². The van der Waals surface area contributed by atoms with E-state index in [1.165, 1.54) is 6.07 Å². The van der Waals surface area contributed by atoms with Gasteiger partial charge in [0.2, 0.25) is 0 Å². The van der Waals surface area contributed by atoms with E-state index in [9.17, 15) is 8.42 Å². The van der Waals surface area contributed by atoms with Gasteiger partial charge >= 0.3 is 0 Å². The zero-order valence-electron chi connectivity index (χ0n) is 9.77. The van der Waals surface area contributed by atoms with Crippen LogP contribution in [0.1, 0.15) is 0 Å². The summed E-state index contributed by atoms with van der Waals surface area (Å²) in [6, 6.07) is 6.38. The SMILES string of the molecule is Nc1ncc(S(=O)(=O)Nc2cc(Br)ccc2Br)cc1Cl. The number of sulfonamides is 1. The van der Waals surface area contributed by atoms with E-state index in [0.29, 0.717) is 10.2 Å². The first-order chi connectivity index (χ1) is 9.29. The molecule has 0 saturated carbocycles. The van der Waals surface area contributed by atoms with Crippen LogP contribution in [0.3, 0.4) is 0 Å². The van der Waals surface area contributed by atoms with Crippen LogP contribution >= 0.6 is 43.5 Å². The summed E-state index contributed by atoms with van der Waals surface area (Å²) in [5.41, 5.74) is 5.85. The van der Waals surface area contributed by atoms with Gasteiger partial charge in [-0.05, 0) is 40.2 Å². The van der Waals surface area contributed by atoms with E-state index in [-0.39, 0.29) is 15.7 Å². The standard InChI is InChI=1S/C11H8Br2ClN3O2S/c12-6-1-2-8(13)10(3-6)17-20(18,19)7-4-9(14)11(15)16-5-7/h1-5,17H,(H2,15,16). The molecule has 0 radical (unpaired) electrons. The molecule has 0 saturated heterocycles. The minimum absolute atomic E-state index is 0.0661. The lowest BCUT2D eigenvalue weighted by molar-refractivity contribution is 0.601. The zero-order valence-corrected chi connectivity index (χ0v) is 14.5. The molecule has 1 aromatic carbocycles. The van der Waals surface area contributed by atoms with Gasteiger partial charge in [0.05, 0.1) is 10.7 Å². The molecule has 106 valence electrons. The Bertz CT molecular complexity index is 768. The molecule has 1 aromatic heterocycles. The van der Waals surface area contributed by atoms with E-state index in [1.54, 1.807) is 18.2 Å². The Morgan fingerprint density at radius 2 is 1.95 bits per heavy atom. The second kappa shape index (κ2) is 5.88. The van der Waals surface area contributed by atoms with Gasteiger partial charge in [0, 0.05) is 15.1 Å². The van der Waals surface area contributed by atoms with Crippen molar-refractivity contribution in [3.63, 3.8) is 0 Å². The van der Waals surface area contributed by atoms with Gasteiger partial charge in [-0.3, -0.25) is 4.72 Å². The molecule has 0 bridgehead atoms. The summed E-state index contributed by atoms with van der Waals surface area (Å²) in [7, 11) is -3.80. The maximum absolute atomic E-state index is 12.2. The molecule has 0 unspecified atom stereocenters. The van der Waals surface area contributed by atoms with E-state index >= 15 is 0 Å². The summed E-state index contributed by atoms with van der Waals surface area (Å²) >= 11 is 12.3. The molecule has 0 aliphatic heterocycles. The number of nitrogens with one attached hydrogen (secondary N) is 1. The molecule has 20 heavy (non-hydrogen) atoms. The molecule has 0 atom stereocenters. The predicted octanol–water partition coefficient (Wildman–Crippen LogP) is 3.64. The lowest BCUT2D eigenvalue weighted by Gasteiger charge is -2.10. The normalized spacial score (nSPS) is 11.3. The largest absolute Gasteiger partial charge is 0.382 e. The fourth-order valence-corrected chi connectivity index (χ4v) is 3.47. The quantitative estimate of drug-likeness (QED) is 0.762. The molecule has 9 heteroatoms. The number of aromatic nitrogens is 1. The van der Waals surface area contributed by atoms with Crippen LogP contribution in [0.2, 0.25) is 5.02 Å². The van der Waals surface area contributed by atoms with Crippen LogP contribution in [0.5, 0.6) is 0 Å². The van der Waals surface area contributed by atoms with Gasteiger partial charge in [0.15, 0.2) is 0 Å². The monoisotopic (exact) mass is 439 g/mol. The average molecular weight is 442 g/mol. The van der Waals surface area contributed by atoms with Crippen LogP contribution < -0.4 is 10.5 Å². The maximum atomic E-state index is 12.2. The van der Waals surface area contributed by atoms with E-state index in [1.807, 2.05) is 0 Å². The number of hydrogen-bond donors (Lipinski definition) is 2.